The molecule has 0 rings (SSSR count). The van der Waals surface area contributed by atoms with Crippen LogP contribution in [0, 0.1) is 0 Å². The predicted molar refractivity (Wildman–Crippen MR) is 72.7 cm³/mol. The van der Waals surface area contributed by atoms with Crippen molar-refractivity contribution in [1.29, 1.82) is 0 Å². The van der Waals surface area contributed by atoms with Crippen LogP contribution in [0.2, 0.25) is 0 Å². The predicted octanol–water partition coefficient (Wildman–Crippen LogP) is 0.939. The molecule has 0 saturated heterocycles. The van der Waals surface area contributed by atoms with E-state index in [0.29, 0.717) is 18.2 Å². The molecular formula is C12H18BrNO5. The first-order valence-electron chi connectivity index (χ1n) is 5.80. The van der Waals surface area contributed by atoms with Gasteiger partial charge in [0.2, 0.25) is 6.41 Å². The summed E-state index contributed by atoms with van der Waals surface area (Å²) < 4.78 is 9.66. The van der Waals surface area contributed by atoms with Crippen LogP contribution < -0.4 is 5.32 Å². The van der Waals surface area contributed by atoms with Gasteiger partial charge in [-0.05, 0) is 6.92 Å². The van der Waals surface area contributed by atoms with Crippen LogP contribution in [-0.4, -0.2) is 42.9 Å². The summed E-state index contributed by atoms with van der Waals surface area (Å²) in [6.45, 7) is 3.47. The van der Waals surface area contributed by atoms with Gasteiger partial charge in [-0.25, -0.2) is 4.79 Å². The summed E-state index contributed by atoms with van der Waals surface area (Å²) in [7, 11) is 0. The summed E-state index contributed by atoms with van der Waals surface area (Å²) in [5.74, 6) is -0.887. The Hall–Kier alpha value is -1.37. The van der Waals surface area contributed by atoms with Gasteiger partial charge in [-0.1, -0.05) is 27.6 Å². The Morgan fingerprint density at radius 1 is 1.37 bits per heavy atom. The van der Waals surface area contributed by atoms with Crippen molar-refractivity contribution in [1.82, 2.24) is 5.32 Å². The minimum atomic E-state index is -0.831. The Balaban J connectivity index is 4.60. The van der Waals surface area contributed by atoms with Crippen LogP contribution in [0.15, 0.2) is 11.6 Å². The highest BCUT2D eigenvalue weighted by molar-refractivity contribution is 9.09. The van der Waals surface area contributed by atoms with Gasteiger partial charge in [-0.15, -0.1) is 0 Å². The van der Waals surface area contributed by atoms with Crippen LogP contribution in [0.4, 0.5) is 0 Å². The van der Waals surface area contributed by atoms with E-state index in [1.54, 1.807) is 13.0 Å². The number of halogens is 1. The fraction of sp³-hybridized carbons (Fsp3) is 0.583. The van der Waals surface area contributed by atoms with Crippen molar-refractivity contribution in [3.63, 3.8) is 0 Å². The minimum absolute atomic E-state index is 0.226. The van der Waals surface area contributed by atoms with Crippen molar-refractivity contribution < 1.29 is 23.9 Å². The fourth-order valence-electron chi connectivity index (χ4n) is 1.25. The Labute approximate surface area is 120 Å². The van der Waals surface area contributed by atoms with Crippen molar-refractivity contribution in [2.24, 2.45) is 0 Å². The smallest absolute Gasteiger partial charge is 0.332 e. The Bertz CT molecular complexity index is 343. The van der Waals surface area contributed by atoms with Gasteiger partial charge in [0.15, 0.2) is 0 Å². The normalized spacial score (nSPS) is 12.5. The maximum absolute atomic E-state index is 11.6. The molecule has 0 bridgehead atoms. The number of ether oxygens (including phenoxy) is 2. The van der Waals surface area contributed by atoms with Gasteiger partial charge in [0, 0.05) is 18.7 Å². The number of amides is 1. The lowest BCUT2D eigenvalue weighted by atomic mass is 10.1. The quantitative estimate of drug-likeness (QED) is 0.293. The molecule has 19 heavy (non-hydrogen) atoms. The van der Waals surface area contributed by atoms with E-state index in [2.05, 4.69) is 21.2 Å². The summed E-state index contributed by atoms with van der Waals surface area (Å²) in [6, 6.07) is -0.831. The molecule has 1 atom stereocenters. The van der Waals surface area contributed by atoms with Crippen molar-refractivity contribution in [2.45, 2.75) is 26.3 Å². The van der Waals surface area contributed by atoms with E-state index in [1.807, 2.05) is 0 Å². The first-order chi connectivity index (χ1) is 9.04. The maximum Gasteiger partial charge on any atom is 0.332 e. The summed E-state index contributed by atoms with van der Waals surface area (Å²) in [4.78, 5) is 32.7. The van der Waals surface area contributed by atoms with E-state index in [9.17, 15) is 14.4 Å². The molecule has 0 aromatic rings. The summed E-state index contributed by atoms with van der Waals surface area (Å²) in [5, 5.41) is 2.88. The van der Waals surface area contributed by atoms with Crippen molar-refractivity contribution in [3.8, 4) is 0 Å². The van der Waals surface area contributed by atoms with Crippen molar-refractivity contribution in [3.05, 3.63) is 11.6 Å². The second-order valence-electron chi connectivity index (χ2n) is 3.56. The monoisotopic (exact) mass is 335 g/mol. The lowest BCUT2D eigenvalue weighted by molar-refractivity contribution is -0.145. The van der Waals surface area contributed by atoms with E-state index in [-0.39, 0.29) is 19.2 Å². The molecule has 7 heteroatoms. The fourth-order valence-corrected chi connectivity index (χ4v) is 1.71. The molecule has 6 nitrogen and oxygen atoms in total. The zero-order valence-corrected chi connectivity index (χ0v) is 12.6. The molecule has 0 aromatic heterocycles. The lowest BCUT2D eigenvalue weighted by Gasteiger charge is -2.13. The number of rotatable bonds is 9. The van der Waals surface area contributed by atoms with Crippen LogP contribution >= 0.6 is 15.9 Å². The SMILES string of the molecule is CCOC(=O)C(/C=C(\CBr)CCOC(C)=O)NC=O. The van der Waals surface area contributed by atoms with Crippen LogP contribution in [-0.2, 0) is 23.9 Å². The largest absolute Gasteiger partial charge is 0.466 e. The van der Waals surface area contributed by atoms with E-state index in [0.717, 1.165) is 5.57 Å². The molecule has 0 aliphatic heterocycles. The second-order valence-corrected chi connectivity index (χ2v) is 4.12. The Morgan fingerprint density at radius 2 is 2.05 bits per heavy atom. The first-order valence-corrected chi connectivity index (χ1v) is 6.92. The molecule has 0 aliphatic carbocycles. The van der Waals surface area contributed by atoms with Crippen LogP contribution in [0.1, 0.15) is 20.3 Å². The third kappa shape index (κ3) is 8.36. The average Bonchev–Trinajstić information content (AvgIpc) is 2.36. The lowest BCUT2D eigenvalue weighted by Crippen LogP contribution is -2.36. The molecule has 0 radical (unpaired) electrons. The van der Waals surface area contributed by atoms with E-state index in [4.69, 9.17) is 9.47 Å². The van der Waals surface area contributed by atoms with Gasteiger partial charge >= 0.3 is 11.9 Å². The Morgan fingerprint density at radius 3 is 2.53 bits per heavy atom. The number of hydrogen-bond donors (Lipinski definition) is 1. The zero-order chi connectivity index (χ0) is 14.7. The van der Waals surface area contributed by atoms with E-state index < -0.39 is 12.0 Å². The molecule has 0 aliphatic rings. The highest BCUT2D eigenvalue weighted by Crippen LogP contribution is 2.08. The molecule has 1 N–H and O–H groups in total. The van der Waals surface area contributed by atoms with E-state index in [1.165, 1.54) is 6.92 Å². The number of carbonyl (C=O) groups excluding carboxylic acids is 3. The second kappa shape index (κ2) is 10.5. The molecule has 0 saturated carbocycles. The molecule has 1 unspecified atom stereocenters. The number of nitrogens with one attached hydrogen (secondary N) is 1. The number of carbonyl (C=O) groups is 3. The molecule has 1 amide bonds. The number of alkyl halides is 1. The standard InChI is InChI=1S/C12H18BrNO5/c1-3-18-12(17)11(14-8-15)6-10(7-13)4-5-19-9(2)16/h6,8,11H,3-5,7H2,1-2H3,(H,14,15)/b10-6-. The summed E-state index contributed by atoms with van der Waals surface area (Å²) in [5.41, 5.74) is 0.827. The number of esters is 2. The van der Waals surface area contributed by atoms with Crippen molar-refractivity contribution in [2.75, 3.05) is 18.5 Å². The highest BCUT2D eigenvalue weighted by Gasteiger charge is 2.16. The van der Waals surface area contributed by atoms with Gasteiger partial charge in [0.05, 0.1) is 13.2 Å². The van der Waals surface area contributed by atoms with Gasteiger partial charge in [0.25, 0.3) is 0 Å². The highest BCUT2D eigenvalue weighted by atomic mass is 79.9. The van der Waals surface area contributed by atoms with Gasteiger partial charge in [0.1, 0.15) is 6.04 Å². The molecule has 0 fully saturated rings. The molecule has 0 heterocycles. The zero-order valence-electron chi connectivity index (χ0n) is 11.0. The topological polar surface area (TPSA) is 81.7 Å². The first kappa shape index (κ1) is 17.6. The number of hydrogen-bond acceptors (Lipinski definition) is 5. The van der Waals surface area contributed by atoms with Crippen molar-refractivity contribution >= 4 is 34.3 Å². The third-order valence-corrected chi connectivity index (χ3v) is 2.81. The average molecular weight is 336 g/mol. The van der Waals surface area contributed by atoms with Gasteiger partial charge in [-0.3, -0.25) is 9.59 Å². The summed E-state index contributed by atoms with van der Waals surface area (Å²) in [6.07, 6.45) is 2.50. The molecule has 0 spiro atoms. The maximum atomic E-state index is 11.6. The van der Waals surface area contributed by atoms with Crippen LogP contribution in [0.25, 0.3) is 0 Å². The summed E-state index contributed by atoms with van der Waals surface area (Å²) >= 11 is 3.27. The molecule has 0 aromatic carbocycles. The molecule has 108 valence electrons. The minimum Gasteiger partial charge on any atom is -0.466 e. The third-order valence-electron chi connectivity index (χ3n) is 2.09. The van der Waals surface area contributed by atoms with E-state index >= 15 is 0 Å². The van der Waals surface area contributed by atoms with Crippen LogP contribution in [0.5, 0.6) is 0 Å². The van der Waals surface area contributed by atoms with Gasteiger partial charge in [-0.2, -0.15) is 0 Å². The van der Waals surface area contributed by atoms with Gasteiger partial charge < -0.3 is 14.8 Å². The van der Waals surface area contributed by atoms with Crippen LogP contribution in [0.3, 0.4) is 0 Å². The Kier molecular flexibility index (Phi) is 9.78. The molecular weight excluding hydrogens is 318 g/mol.